The summed E-state index contributed by atoms with van der Waals surface area (Å²) in [5, 5.41) is 0. The lowest BCUT2D eigenvalue weighted by molar-refractivity contribution is 0.414. The fourth-order valence-corrected chi connectivity index (χ4v) is 3.87. The Morgan fingerprint density at radius 2 is 2.14 bits per heavy atom. The molecule has 0 unspecified atom stereocenters. The Morgan fingerprint density at radius 3 is 2.86 bits per heavy atom. The zero-order valence-electron chi connectivity index (χ0n) is 12.7. The first-order chi connectivity index (χ1) is 10.1. The molecule has 1 aromatic rings. The molecule has 0 spiro atoms. The summed E-state index contributed by atoms with van der Waals surface area (Å²) in [7, 11) is -1.44. The number of nitrogens with one attached hydrogen (secondary N) is 1. The maximum absolute atomic E-state index is 11.7. The summed E-state index contributed by atoms with van der Waals surface area (Å²) in [6.07, 6.45) is 1.64. The van der Waals surface area contributed by atoms with Crippen LogP contribution in [0.15, 0.2) is 24.3 Å². The molecule has 0 amide bonds. The van der Waals surface area contributed by atoms with E-state index in [0.717, 1.165) is 30.9 Å². The monoisotopic (exact) mass is 312 g/mol. The first-order valence-corrected chi connectivity index (χ1v) is 9.06. The topological polar surface area (TPSA) is 58.6 Å². The van der Waals surface area contributed by atoms with Gasteiger partial charge in [-0.1, -0.05) is 19.1 Å². The summed E-state index contributed by atoms with van der Waals surface area (Å²) >= 11 is 0. The Bertz CT molecular complexity index is 560. The average Bonchev–Trinajstić information content (AvgIpc) is 2.94. The van der Waals surface area contributed by atoms with Crippen molar-refractivity contribution in [1.29, 1.82) is 0 Å². The van der Waals surface area contributed by atoms with Crippen LogP contribution in [0.1, 0.15) is 19.8 Å². The first kappa shape index (κ1) is 16.1. The van der Waals surface area contributed by atoms with Crippen molar-refractivity contribution in [3.63, 3.8) is 0 Å². The van der Waals surface area contributed by atoms with Crippen molar-refractivity contribution in [3.8, 4) is 5.75 Å². The molecule has 5 nitrogen and oxygen atoms in total. The molecule has 2 rings (SSSR count). The van der Waals surface area contributed by atoms with E-state index < -0.39 is 10.0 Å². The predicted molar refractivity (Wildman–Crippen MR) is 85.4 cm³/mol. The highest BCUT2D eigenvalue weighted by Gasteiger charge is 2.25. The maximum Gasteiger partial charge on any atom is 0.211 e. The van der Waals surface area contributed by atoms with E-state index in [-0.39, 0.29) is 5.75 Å². The van der Waals surface area contributed by atoms with Gasteiger partial charge in [0.25, 0.3) is 0 Å². The number of rotatable bonds is 7. The fraction of sp³-hybridized carbons (Fsp3) is 0.600. The van der Waals surface area contributed by atoms with Crippen LogP contribution in [0.2, 0.25) is 0 Å². The minimum atomic E-state index is -3.11. The van der Waals surface area contributed by atoms with Crippen LogP contribution in [-0.2, 0) is 10.0 Å². The van der Waals surface area contributed by atoms with Gasteiger partial charge in [0.15, 0.2) is 0 Å². The van der Waals surface area contributed by atoms with Gasteiger partial charge in [0.05, 0.1) is 18.6 Å². The third kappa shape index (κ3) is 4.35. The van der Waals surface area contributed by atoms with E-state index in [9.17, 15) is 8.42 Å². The highest BCUT2D eigenvalue weighted by molar-refractivity contribution is 7.89. The molecule has 0 saturated carbocycles. The average molecular weight is 312 g/mol. The van der Waals surface area contributed by atoms with Gasteiger partial charge < -0.3 is 9.64 Å². The minimum absolute atomic E-state index is 0.204. The highest BCUT2D eigenvalue weighted by atomic mass is 32.2. The molecule has 21 heavy (non-hydrogen) atoms. The number of sulfonamides is 1. The number of hydrogen-bond acceptors (Lipinski definition) is 4. The van der Waals surface area contributed by atoms with Gasteiger partial charge in [0.1, 0.15) is 5.75 Å². The number of hydrogen-bond donors (Lipinski definition) is 1. The molecule has 0 aliphatic carbocycles. The molecule has 1 saturated heterocycles. The summed E-state index contributed by atoms with van der Waals surface area (Å²) in [4.78, 5) is 2.26. The second kappa shape index (κ2) is 7.13. The molecule has 6 heteroatoms. The Morgan fingerprint density at radius 1 is 1.38 bits per heavy atom. The molecule has 0 aromatic heterocycles. The number of anilines is 1. The number of benzene rings is 1. The van der Waals surface area contributed by atoms with Crippen molar-refractivity contribution < 1.29 is 13.2 Å². The van der Waals surface area contributed by atoms with E-state index in [1.165, 1.54) is 0 Å². The minimum Gasteiger partial charge on any atom is -0.495 e. The molecule has 1 atom stereocenters. The SMILES string of the molecule is CCCS(=O)(=O)NC[C@H]1CCN(c2ccccc2OC)C1. The van der Waals surface area contributed by atoms with Gasteiger partial charge in [-0.15, -0.1) is 0 Å². The van der Waals surface area contributed by atoms with Crippen molar-refractivity contribution in [2.24, 2.45) is 5.92 Å². The zero-order chi connectivity index (χ0) is 15.3. The van der Waals surface area contributed by atoms with Gasteiger partial charge in [-0.2, -0.15) is 0 Å². The molecule has 1 aromatic carbocycles. The summed E-state index contributed by atoms with van der Waals surface area (Å²) in [6.45, 7) is 4.18. The van der Waals surface area contributed by atoms with Crippen molar-refractivity contribution in [3.05, 3.63) is 24.3 Å². The van der Waals surface area contributed by atoms with E-state index in [1.807, 2.05) is 31.2 Å². The van der Waals surface area contributed by atoms with Gasteiger partial charge in [-0.3, -0.25) is 0 Å². The van der Waals surface area contributed by atoms with Crippen LogP contribution < -0.4 is 14.4 Å². The zero-order valence-corrected chi connectivity index (χ0v) is 13.5. The number of para-hydroxylation sites is 2. The third-order valence-electron chi connectivity index (χ3n) is 3.78. The van der Waals surface area contributed by atoms with Crippen LogP contribution in [0.5, 0.6) is 5.75 Å². The van der Waals surface area contributed by atoms with Crippen molar-refractivity contribution in [2.75, 3.05) is 37.4 Å². The molecule has 1 aliphatic rings. The van der Waals surface area contributed by atoms with Gasteiger partial charge in [0, 0.05) is 19.6 Å². The molecule has 118 valence electrons. The second-order valence-corrected chi connectivity index (χ2v) is 7.37. The molecule has 0 radical (unpaired) electrons. The van der Waals surface area contributed by atoms with Gasteiger partial charge in [0.2, 0.25) is 10.0 Å². The second-order valence-electron chi connectivity index (χ2n) is 5.44. The van der Waals surface area contributed by atoms with Crippen molar-refractivity contribution in [2.45, 2.75) is 19.8 Å². The Labute approximate surface area is 127 Å². The van der Waals surface area contributed by atoms with E-state index >= 15 is 0 Å². The number of nitrogens with zero attached hydrogens (tertiary/aromatic N) is 1. The molecular weight excluding hydrogens is 288 g/mol. The van der Waals surface area contributed by atoms with Gasteiger partial charge in [-0.25, -0.2) is 13.1 Å². The smallest absolute Gasteiger partial charge is 0.211 e. The van der Waals surface area contributed by atoms with Crippen LogP contribution in [0, 0.1) is 5.92 Å². The van der Waals surface area contributed by atoms with Crippen LogP contribution in [-0.4, -0.2) is 40.9 Å². The third-order valence-corrected chi connectivity index (χ3v) is 5.33. The van der Waals surface area contributed by atoms with Crippen LogP contribution in [0.3, 0.4) is 0 Å². The van der Waals surface area contributed by atoms with E-state index in [2.05, 4.69) is 9.62 Å². The van der Waals surface area contributed by atoms with Crippen molar-refractivity contribution in [1.82, 2.24) is 4.72 Å². The normalized spacial score (nSPS) is 19.0. The lowest BCUT2D eigenvalue weighted by Gasteiger charge is -2.21. The summed E-state index contributed by atoms with van der Waals surface area (Å²) in [5.74, 6) is 1.42. The van der Waals surface area contributed by atoms with Crippen molar-refractivity contribution >= 4 is 15.7 Å². The molecule has 0 bridgehead atoms. The molecule has 1 fully saturated rings. The Balaban J connectivity index is 1.92. The molecular formula is C15H24N2O3S. The Hall–Kier alpha value is -1.27. The lowest BCUT2D eigenvalue weighted by atomic mass is 10.1. The highest BCUT2D eigenvalue weighted by Crippen LogP contribution is 2.31. The molecule has 1 aliphatic heterocycles. The summed E-state index contributed by atoms with van der Waals surface area (Å²) in [6, 6.07) is 7.94. The van der Waals surface area contributed by atoms with Crippen LogP contribution in [0.4, 0.5) is 5.69 Å². The molecule has 1 heterocycles. The first-order valence-electron chi connectivity index (χ1n) is 7.41. The summed E-state index contributed by atoms with van der Waals surface area (Å²) < 4.78 is 31.5. The number of methoxy groups -OCH3 is 1. The Kier molecular flexibility index (Phi) is 5.47. The van der Waals surface area contributed by atoms with Crippen LogP contribution in [0.25, 0.3) is 0 Å². The number of ether oxygens (including phenoxy) is 1. The fourth-order valence-electron chi connectivity index (χ4n) is 2.69. The largest absolute Gasteiger partial charge is 0.495 e. The summed E-state index contributed by atoms with van der Waals surface area (Å²) in [5.41, 5.74) is 1.08. The van der Waals surface area contributed by atoms with E-state index in [4.69, 9.17) is 4.74 Å². The van der Waals surface area contributed by atoms with Gasteiger partial charge in [-0.05, 0) is 30.9 Å². The standard InChI is InChI=1S/C15H24N2O3S/c1-3-10-21(18,19)16-11-13-8-9-17(12-13)14-6-4-5-7-15(14)20-2/h4-7,13,16H,3,8-12H2,1-2H3/t13-/m1/s1. The van der Waals surface area contributed by atoms with E-state index in [1.54, 1.807) is 7.11 Å². The van der Waals surface area contributed by atoms with E-state index in [0.29, 0.717) is 18.9 Å². The van der Waals surface area contributed by atoms with Gasteiger partial charge >= 0.3 is 0 Å². The maximum atomic E-state index is 11.7. The predicted octanol–water partition coefficient (Wildman–Crippen LogP) is 1.85. The lowest BCUT2D eigenvalue weighted by Crippen LogP contribution is -2.32. The molecule has 1 N–H and O–H groups in total. The quantitative estimate of drug-likeness (QED) is 0.835. The van der Waals surface area contributed by atoms with Crippen LogP contribution >= 0.6 is 0 Å².